The van der Waals surface area contributed by atoms with Crippen molar-refractivity contribution >= 4 is 17.3 Å². The zero-order valence-corrected chi connectivity index (χ0v) is 12.5. The maximum atomic E-state index is 12.4. The normalized spacial score (nSPS) is 30.8. The first-order valence-electron chi connectivity index (χ1n) is 8.05. The fraction of sp³-hybridized carbons (Fsp3) is 0.588. The van der Waals surface area contributed by atoms with E-state index in [1.807, 2.05) is 12.1 Å². The molecule has 4 rings (SSSR count). The Labute approximate surface area is 125 Å². The van der Waals surface area contributed by atoms with Crippen molar-refractivity contribution in [3.8, 4) is 5.75 Å². The Balaban J connectivity index is 1.79. The molecule has 1 saturated heterocycles. The molecule has 2 heterocycles. The van der Waals surface area contributed by atoms with Crippen LogP contribution in [0.3, 0.4) is 0 Å². The van der Waals surface area contributed by atoms with Crippen LogP contribution in [0.1, 0.15) is 38.5 Å². The number of ether oxygens (including phenoxy) is 1. The van der Waals surface area contributed by atoms with E-state index in [9.17, 15) is 4.79 Å². The summed E-state index contributed by atoms with van der Waals surface area (Å²) in [6.45, 7) is 0. The molecule has 2 aliphatic heterocycles. The molecule has 0 radical (unpaired) electrons. The average molecular weight is 286 g/mol. The largest absolute Gasteiger partial charge is 0.497 e. The topological polar surface area (TPSA) is 41.6 Å². The van der Waals surface area contributed by atoms with Crippen molar-refractivity contribution in [1.29, 1.82) is 0 Å². The van der Waals surface area contributed by atoms with Crippen LogP contribution in [-0.2, 0) is 4.79 Å². The van der Waals surface area contributed by atoms with Crippen LogP contribution in [-0.4, -0.2) is 25.1 Å². The van der Waals surface area contributed by atoms with Gasteiger partial charge in [-0.3, -0.25) is 4.79 Å². The Morgan fingerprint density at radius 1 is 1.19 bits per heavy atom. The molecular formula is C17H22N2O2. The van der Waals surface area contributed by atoms with E-state index in [0.29, 0.717) is 6.04 Å². The molecule has 2 fully saturated rings. The number of hydrogen-bond acceptors (Lipinski definition) is 3. The quantitative estimate of drug-likeness (QED) is 0.862. The molecule has 0 aromatic heterocycles. The van der Waals surface area contributed by atoms with Gasteiger partial charge in [-0.05, 0) is 43.7 Å². The van der Waals surface area contributed by atoms with Crippen molar-refractivity contribution in [3.05, 3.63) is 18.2 Å². The van der Waals surface area contributed by atoms with Gasteiger partial charge in [0.15, 0.2) is 0 Å². The molecule has 1 aromatic carbocycles. The van der Waals surface area contributed by atoms with Crippen molar-refractivity contribution in [2.75, 3.05) is 17.3 Å². The van der Waals surface area contributed by atoms with Crippen LogP contribution in [0.4, 0.5) is 11.4 Å². The number of carbonyl (C=O) groups excluding carboxylic acids is 1. The van der Waals surface area contributed by atoms with Crippen LogP contribution >= 0.6 is 0 Å². The average Bonchev–Trinajstić information content (AvgIpc) is 2.54. The van der Waals surface area contributed by atoms with Gasteiger partial charge in [0.2, 0.25) is 5.91 Å². The molecule has 0 bridgehead atoms. The van der Waals surface area contributed by atoms with E-state index in [1.54, 1.807) is 7.11 Å². The first-order chi connectivity index (χ1) is 10.3. The number of methoxy groups -OCH3 is 1. The van der Waals surface area contributed by atoms with Gasteiger partial charge in [0, 0.05) is 12.1 Å². The van der Waals surface area contributed by atoms with Gasteiger partial charge in [-0.15, -0.1) is 0 Å². The van der Waals surface area contributed by atoms with Crippen LogP contribution in [0.25, 0.3) is 0 Å². The Bertz CT molecular complexity index is 572. The molecule has 3 unspecified atom stereocenters. The zero-order valence-electron chi connectivity index (χ0n) is 12.5. The summed E-state index contributed by atoms with van der Waals surface area (Å²) in [5.74, 6) is 1.78. The first kappa shape index (κ1) is 13.0. The molecule has 1 amide bonds. The van der Waals surface area contributed by atoms with Gasteiger partial charge in [-0.25, -0.2) is 0 Å². The summed E-state index contributed by atoms with van der Waals surface area (Å²) in [6, 6.07) is 6.49. The van der Waals surface area contributed by atoms with E-state index < -0.39 is 0 Å². The van der Waals surface area contributed by atoms with Crippen LogP contribution in [0.15, 0.2) is 18.2 Å². The van der Waals surface area contributed by atoms with Gasteiger partial charge < -0.3 is 15.0 Å². The summed E-state index contributed by atoms with van der Waals surface area (Å²) in [5, 5.41) is 3.07. The highest BCUT2D eigenvalue weighted by Gasteiger charge is 2.44. The van der Waals surface area contributed by atoms with E-state index in [1.165, 1.54) is 32.1 Å². The molecule has 1 aliphatic carbocycles. The van der Waals surface area contributed by atoms with Crippen molar-refractivity contribution < 1.29 is 9.53 Å². The van der Waals surface area contributed by atoms with Gasteiger partial charge >= 0.3 is 0 Å². The fourth-order valence-corrected chi connectivity index (χ4v) is 4.41. The predicted molar refractivity (Wildman–Crippen MR) is 82.9 cm³/mol. The summed E-state index contributed by atoms with van der Waals surface area (Å²) in [4.78, 5) is 14.8. The summed E-state index contributed by atoms with van der Waals surface area (Å²) in [7, 11) is 1.69. The highest BCUT2D eigenvalue weighted by molar-refractivity contribution is 6.04. The second kappa shape index (κ2) is 4.93. The molecule has 1 aromatic rings. The zero-order chi connectivity index (χ0) is 14.4. The van der Waals surface area contributed by atoms with E-state index in [4.69, 9.17) is 4.74 Å². The van der Waals surface area contributed by atoms with Crippen molar-refractivity contribution in [1.82, 2.24) is 0 Å². The number of nitrogens with zero attached hydrogens (tertiary/aromatic N) is 1. The predicted octanol–water partition coefficient (Wildman–Crippen LogP) is 3.17. The van der Waals surface area contributed by atoms with Crippen LogP contribution < -0.4 is 15.0 Å². The molecule has 4 heteroatoms. The lowest BCUT2D eigenvalue weighted by atomic mass is 9.75. The Morgan fingerprint density at radius 3 is 2.90 bits per heavy atom. The molecular weight excluding hydrogens is 264 g/mol. The van der Waals surface area contributed by atoms with Gasteiger partial charge in [-0.2, -0.15) is 0 Å². The third kappa shape index (κ3) is 2.00. The highest BCUT2D eigenvalue weighted by atomic mass is 16.5. The minimum Gasteiger partial charge on any atom is -0.497 e. The number of anilines is 2. The van der Waals surface area contributed by atoms with E-state index in [2.05, 4.69) is 16.3 Å². The Kier molecular flexibility index (Phi) is 3.05. The number of rotatable bonds is 1. The third-order valence-electron chi connectivity index (χ3n) is 5.42. The Morgan fingerprint density at radius 2 is 2.05 bits per heavy atom. The van der Waals surface area contributed by atoms with Gasteiger partial charge in [0.25, 0.3) is 0 Å². The molecule has 3 aliphatic rings. The minimum atomic E-state index is 0.00366. The number of piperidine rings is 1. The fourth-order valence-electron chi connectivity index (χ4n) is 4.41. The number of amides is 1. The van der Waals surface area contributed by atoms with Gasteiger partial charge in [0.1, 0.15) is 11.8 Å². The monoisotopic (exact) mass is 286 g/mol. The summed E-state index contributed by atoms with van der Waals surface area (Å²) >= 11 is 0. The van der Waals surface area contributed by atoms with Crippen LogP contribution in [0, 0.1) is 5.92 Å². The van der Waals surface area contributed by atoms with E-state index in [-0.39, 0.29) is 11.9 Å². The maximum Gasteiger partial charge on any atom is 0.247 e. The molecule has 112 valence electrons. The Hall–Kier alpha value is -1.71. The van der Waals surface area contributed by atoms with Gasteiger partial charge in [0.05, 0.1) is 18.5 Å². The van der Waals surface area contributed by atoms with Gasteiger partial charge in [-0.1, -0.05) is 12.8 Å². The highest BCUT2D eigenvalue weighted by Crippen LogP contribution is 2.45. The SMILES string of the molecule is COc1ccc2c(c1)N1C(CCC3CCCCC31)C(=O)N2. The number of carbonyl (C=O) groups is 1. The van der Waals surface area contributed by atoms with E-state index in [0.717, 1.165) is 29.5 Å². The second-order valence-corrected chi connectivity index (χ2v) is 6.48. The molecule has 1 N–H and O–H groups in total. The van der Waals surface area contributed by atoms with E-state index >= 15 is 0 Å². The summed E-state index contributed by atoms with van der Waals surface area (Å²) in [6.07, 6.45) is 7.32. The molecule has 21 heavy (non-hydrogen) atoms. The maximum absolute atomic E-state index is 12.4. The smallest absolute Gasteiger partial charge is 0.247 e. The summed E-state index contributed by atoms with van der Waals surface area (Å²) in [5.41, 5.74) is 2.08. The lowest BCUT2D eigenvalue weighted by Crippen LogP contribution is -2.58. The lowest BCUT2D eigenvalue weighted by Gasteiger charge is -2.51. The first-order valence-corrected chi connectivity index (χ1v) is 8.05. The molecule has 3 atom stereocenters. The van der Waals surface area contributed by atoms with Crippen molar-refractivity contribution in [3.63, 3.8) is 0 Å². The summed E-state index contributed by atoms with van der Waals surface area (Å²) < 4.78 is 5.38. The van der Waals surface area contributed by atoms with Crippen molar-refractivity contribution in [2.45, 2.75) is 50.6 Å². The van der Waals surface area contributed by atoms with Crippen molar-refractivity contribution in [2.24, 2.45) is 5.92 Å². The molecule has 0 spiro atoms. The number of benzene rings is 1. The molecule has 1 saturated carbocycles. The number of nitrogens with one attached hydrogen (secondary N) is 1. The standard InChI is InChI=1S/C17H22N2O2/c1-21-12-7-8-13-16(10-12)19-14-5-3-2-4-11(14)6-9-15(19)17(20)18-13/h7-8,10-11,14-15H,2-6,9H2,1H3,(H,18,20). The second-order valence-electron chi connectivity index (χ2n) is 6.48. The third-order valence-corrected chi connectivity index (χ3v) is 5.42. The van der Waals surface area contributed by atoms with Crippen LogP contribution in [0.2, 0.25) is 0 Å². The molecule has 4 nitrogen and oxygen atoms in total. The lowest BCUT2D eigenvalue weighted by molar-refractivity contribution is -0.118. The number of hydrogen-bond donors (Lipinski definition) is 1. The minimum absolute atomic E-state index is 0.00366. The van der Waals surface area contributed by atoms with Crippen LogP contribution in [0.5, 0.6) is 5.75 Å². The number of fused-ring (bicyclic) bond motifs is 5.